The number of nitrogens with one attached hydrogen (secondary N) is 1. The SMILES string of the molecule is CCCNc1ccc(SC)nn1. The van der Waals surface area contributed by atoms with E-state index in [1.54, 1.807) is 11.8 Å². The standard InChI is InChI=1S/C8H13N3S/c1-3-6-9-7-4-5-8(12-2)11-10-7/h4-5H,3,6H2,1-2H3,(H,9,10). The van der Waals surface area contributed by atoms with E-state index in [4.69, 9.17) is 0 Å². The number of nitrogens with zero attached hydrogens (tertiary/aromatic N) is 2. The molecular weight excluding hydrogens is 170 g/mol. The van der Waals surface area contributed by atoms with Crippen LogP contribution in [0.25, 0.3) is 0 Å². The third-order valence-corrected chi connectivity index (χ3v) is 2.04. The highest BCUT2D eigenvalue weighted by Crippen LogP contribution is 2.10. The second-order valence-electron chi connectivity index (χ2n) is 2.39. The summed E-state index contributed by atoms with van der Waals surface area (Å²) in [6.45, 7) is 3.07. The Labute approximate surface area is 77.0 Å². The molecule has 1 N–H and O–H groups in total. The molecule has 0 aliphatic carbocycles. The van der Waals surface area contributed by atoms with Crippen LogP contribution < -0.4 is 5.32 Å². The summed E-state index contributed by atoms with van der Waals surface area (Å²) in [6.07, 6.45) is 3.09. The predicted octanol–water partition coefficient (Wildman–Crippen LogP) is 2.02. The molecule has 4 heteroatoms. The largest absolute Gasteiger partial charge is 0.369 e. The molecule has 0 amide bonds. The van der Waals surface area contributed by atoms with Gasteiger partial charge in [0.25, 0.3) is 0 Å². The van der Waals surface area contributed by atoms with Crippen LogP contribution in [-0.2, 0) is 0 Å². The van der Waals surface area contributed by atoms with Gasteiger partial charge in [-0.2, -0.15) is 0 Å². The lowest BCUT2D eigenvalue weighted by atomic mass is 10.4. The quantitative estimate of drug-likeness (QED) is 0.725. The van der Waals surface area contributed by atoms with Crippen molar-refractivity contribution in [2.45, 2.75) is 18.4 Å². The van der Waals surface area contributed by atoms with Gasteiger partial charge in [-0.15, -0.1) is 22.0 Å². The van der Waals surface area contributed by atoms with Gasteiger partial charge >= 0.3 is 0 Å². The maximum Gasteiger partial charge on any atom is 0.148 e. The number of hydrogen-bond acceptors (Lipinski definition) is 4. The molecular formula is C8H13N3S. The van der Waals surface area contributed by atoms with E-state index < -0.39 is 0 Å². The monoisotopic (exact) mass is 183 g/mol. The van der Waals surface area contributed by atoms with Crippen LogP contribution in [0.1, 0.15) is 13.3 Å². The Morgan fingerprint density at radius 1 is 1.42 bits per heavy atom. The van der Waals surface area contributed by atoms with Crippen molar-refractivity contribution in [3.63, 3.8) is 0 Å². The first-order valence-corrected chi connectivity index (χ1v) is 5.21. The van der Waals surface area contributed by atoms with Gasteiger partial charge in [0.05, 0.1) is 0 Å². The van der Waals surface area contributed by atoms with Crippen molar-refractivity contribution in [3.05, 3.63) is 12.1 Å². The zero-order chi connectivity index (χ0) is 8.81. The van der Waals surface area contributed by atoms with E-state index in [-0.39, 0.29) is 0 Å². The molecule has 1 aromatic heterocycles. The lowest BCUT2D eigenvalue weighted by Gasteiger charge is -2.01. The summed E-state index contributed by atoms with van der Waals surface area (Å²) >= 11 is 1.60. The number of thioether (sulfide) groups is 1. The molecule has 0 saturated heterocycles. The summed E-state index contributed by atoms with van der Waals surface area (Å²) in [6, 6.07) is 3.92. The van der Waals surface area contributed by atoms with Crippen LogP contribution in [0, 0.1) is 0 Å². The van der Waals surface area contributed by atoms with Crippen LogP contribution in [0.3, 0.4) is 0 Å². The van der Waals surface area contributed by atoms with Gasteiger partial charge < -0.3 is 5.32 Å². The average Bonchev–Trinajstić information content (AvgIpc) is 2.15. The Hall–Kier alpha value is -0.770. The third-order valence-electron chi connectivity index (χ3n) is 1.41. The highest BCUT2D eigenvalue weighted by Gasteiger charge is 1.93. The van der Waals surface area contributed by atoms with Crippen molar-refractivity contribution in [1.82, 2.24) is 10.2 Å². The van der Waals surface area contributed by atoms with Crippen LogP contribution in [0.4, 0.5) is 5.82 Å². The first-order chi connectivity index (χ1) is 5.86. The van der Waals surface area contributed by atoms with E-state index in [9.17, 15) is 0 Å². The average molecular weight is 183 g/mol. The molecule has 0 atom stereocenters. The number of hydrogen-bond donors (Lipinski definition) is 1. The van der Waals surface area contributed by atoms with E-state index in [0.717, 1.165) is 23.8 Å². The molecule has 0 spiro atoms. The van der Waals surface area contributed by atoms with Crippen LogP contribution in [0.15, 0.2) is 17.2 Å². The highest BCUT2D eigenvalue weighted by atomic mass is 32.2. The Bertz CT molecular complexity index is 222. The van der Waals surface area contributed by atoms with E-state index in [1.165, 1.54) is 0 Å². The fourth-order valence-electron chi connectivity index (χ4n) is 0.776. The minimum Gasteiger partial charge on any atom is -0.369 e. The molecule has 0 fully saturated rings. The maximum atomic E-state index is 4.01. The summed E-state index contributed by atoms with van der Waals surface area (Å²) < 4.78 is 0. The minimum atomic E-state index is 0.856. The van der Waals surface area contributed by atoms with Crippen LogP contribution in [-0.4, -0.2) is 23.0 Å². The summed E-state index contributed by atoms with van der Waals surface area (Å²) in [5, 5.41) is 12.1. The van der Waals surface area contributed by atoms with Gasteiger partial charge in [0.2, 0.25) is 0 Å². The second-order valence-corrected chi connectivity index (χ2v) is 3.21. The zero-order valence-electron chi connectivity index (χ0n) is 7.37. The molecule has 12 heavy (non-hydrogen) atoms. The highest BCUT2D eigenvalue weighted by molar-refractivity contribution is 7.98. The molecule has 0 aliphatic heterocycles. The van der Waals surface area contributed by atoms with Gasteiger partial charge in [-0.05, 0) is 24.8 Å². The van der Waals surface area contributed by atoms with E-state index in [0.29, 0.717) is 0 Å². The van der Waals surface area contributed by atoms with Gasteiger partial charge in [-0.1, -0.05) is 6.92 Å². The Morgan fingerprint density at radius 2 is 2.25 bits per heavy atom. The number of anilines is 1. The van der Waals surface area contributed by atoms with Gasteiger partial charge in [-0.25, -0.2) is 0 Å². The van der Waals surface area contributed by atoms with Crippen molar-refractivity contribution >= 4 is 17.6 Å². The lowest BCUT2D eigenvalue weighted by molar-refractivity contribution is 0.903. The molecule has 0 aliphatic rings. The second kappa shape index (κ2) is 4.98. The molecule has 3 nitrogen and oxygen atoms in total. The molecule has 1 heterocycles. The Balaban J connectivity index is 2.53. The Morgan fingerprint density at radius 3 is 2.75 bits per heavy atom. The van der Waals surface area contributed by atoms with E-state index in [2.05, 4.69) is 22.4 Å². The summed E-state index contributed by atoms with van der Waals surface area (Å²) in [5.74, 6) is 0.856. The number of rotatable bonds is 4. The van der Waals surface area contributed by atoms with Crippen molar-refractivity contribution in [2.24, 2.45) is 0 Å². The van der Waals surface area contributed by atoms with Crippen molar-refractivity contribution < 1.29 is 0 Å². The molecule has 0 aromatic carbocycles. The molecule has 66 valence electrons. The van der Waals surface area contributed by atoms with Crippen LogP contribution >= 0.6 is 11.8 Å². The van der Waals surface area contributed by atoms with Crippen molar-refractivity contribution in [1.29, 1.82) is 0 Å². The topological polar surface area (TPSA) is 37.8 Å². The first-order valence-electron chi connectivity index (χ1n) is 3.98. The van der Waals surface area contributed by atoms with Crippen LogP contribution in [0.2, 0.25) is 0 Å². The fraction of sp³-hybridized carbons (Fsp3) is 0.500. The first kappa shape index (κ1) is 9.32. The summed E-state index contributed by atoms with van der Waals surface area (Å²) in [5.41, 5.74) is 0. The maximum absolute atomic E-state index is 4.01. The van der Waals surface area contributed by atoms with Crippen LogP contribution in [0.5, 0.6) is 0 Å². The van der Waals surface area contributed by atoms with E-state index >= 15 is 0 Å². The molecule has 0 bridgehead atoms. The molecule has 1 aromatic rings. The Kier molecular flexibility index (Phi) is 3.87. The smallest absolute Gasteiger partial charge is 0.148 e. The van der Waals surface area contributed by atoms with Gasteiger partial charge in [-0.3, -0.25) is 0 Å². The lowest BCUT2D eigenvalue weighted by Crippen LogP contribution is -2.02. The van der Waals surface area contributed by atoms with Crippen molar-refractivity contribution in [3.8, 4) is 0 Å². The predicted molar refractivity (Wildman–Crippen MR) is 52.6 cm³/mol. The molecule has 0 saturated carbocycles. The zero-order valence-corrected chi connectivity index (χ0v) is 8.19. The van der Waals surface area contributed by atoms with Gasteiger partial charge in [0.15, 0.2) is 0 Å². The summed E-state index contributed by atoms with van der Waals surface area (Å²) in [7, 11) is 0. The van der Waals surface area contributed by atoms with Crippen molar-refractivity contribution in [2.75, 3.05) is 18.1 Å². The number of aromatic nitrogens is 2. The normalized spacial score (nSPS) is 9.83. The van der Waals surface area contributed by atoms with Gasteiger partial charge in [0, 0.05) is 6.54 Å². The molecule has 1 rings (SSSR count). The molecule has 0 unspecified atom stereocenters. The fourth-order valence-corrected chi connectivity index (χ4v) is 1.10. The van der Waals surface area contributed by atoms with E-state index in [1.807, 2.05) is 18.4 Å². The third kappa shape index (κ3) is 2.70. The van der Waals surface area contributed by atoms with Gasteiger partial charge in [0.1, 0.15) is 10.8 Å². The summed E-state index contributed by atoms with van der Waals surface area (Å²) in [4.78, 5) is 0. The minimum absolute atomic E-state index is 0.856. The molecule has 0 radical (unpaired) electrons.